The maximum absolute atomic E-state index is 5.55. The third-order valence-corrected chi connectivity index (χ3v) is 16.3. The predicted molar refractivity (Wildman–Crippen MR) is 167 cm³/mol. The molecule has 2 aliphatic heterocycles. The standard InChI is InChI=1S/C32H50N2O2Si2/c1-28(31-14-10-29(11-15-31)8-6-26-37(2,3)33-18-22-35-23-19-33)32-16-12-30(13-17-32)9-7-27-38(4,5)34-20-24-36-25-21-34/h10-17H,1,6-9,18-27H2,2-5H3. The van der Waals surface area contributed by atoms with Gasteiger partial charge >= 0.3 is 0 Å². The zero-order valence-electron chi connectivity index (χ0n) is 24.4. The fourth-order valence-electron chi connectivity index (χ4n) is 6.02. The fraction of sp³-hybridized carbons (Fsp3) is 0.562. The van der Waals surface area contributed by atoms with Crippen LogP contribution in [0.5, 0.6) is 0 Å². The highest BCUT2D eigenvalue weighted by Crippen LogP contribution is 2.25. The molecule has 38 heavy (non-hydrogen) atoms. The number of nitrogens with zero attached hydrogens (tertiary/aromatic N) is 2. The van der Waals surface area contributed by atoms with E-state index in [4.69, 9.17) is 9.47 Å². The molecular weight excluding hydrogens is 501 g/mol. The highest BCUT2D eigenvalue weighted by molar-refractivity contribution is 6.75. The van der Waals surface area contributed by atoms with Crippen molar-refractivity contribution in [2.75, 3.05) is 52.6 Å². The van der Waals surface area contributed by atoms with Crippen LogP contribution in [0.15, 0.2) is 55.1 Å². The van der Waals surface area contributed by atoms with E-state index in [2.05, 4.69) is 90.4 Å². The molecule has 2 saturated heterocycles. The summed E-state index contributed by atoms with van der Waals surface area (Å²) in [7, 11) is -2.65. The number of morpholine rings is 2. The summed E-state index contributed by atoms with van der Waals surface area (Å²) in [5.74, 6) is 0. The third-order valence-electron chi connectivity index (χ3n) is 8.85. The lowest BCUT2D eigenvalue weighted by Gasteiger charge is -2.39. The number of aryl methyl sites for hydroxylation is 2. The molecule has 2 aromatic carbocycles. The molecule has 0 unspecified atom stereocenters. The molecule has 208 valence electrons. The summed E-state index contributed by atoms with van der Waals surface area (Å²) in [6.45, 7) is 22.6. The predicted octanol–water partition coefficient (Wildman–Crippen LogP) is 6.69. The Balaban J connectivity index is 1.22. The monoisotopic (exact) mass is 550 g/mol. The molecule has 0 spiro atoms. The summed E-state index contributed by atoms with van der Waals surface area (Å²) in [6, 6.07) is 20.9. The molecule has 0 N–H and O–H groups in total. The minimum atomic E-state index is -1.33. The van der Waals surface area contributed by atoms with Crippen molar-refractivity contribution in [3.8, 4) is 0 Å². The van der Waals surface area contributed by atoms with E-state index in [0.717, 1.165) is 71.0 Å². The van der Waals surface area contributed by atoms with Crippen molar-refractivity contribution in [2.24, 2.45) is 0 Å². The van der Waals surface area contributed by atoms with Crippen molar-refractivity contribution in [1.82, 2.24) is 9.13 Å². The molecule has 0 radical (unpaired) electrons. The maximum Gasteiger partial charge on any atom is 0.122 e. The molecule has 0 bridgehead atoms. The molecule has 0 saturated carbocycles. The van der Waals surface area contributed by atoms with Crippen LogP contribution in [0.2, 0.25) is 38.3 Å². The van der Waals surface area contributed by atoms with Crippen molar-refractivity contribution in [1.29, 1.82) is 0 Å². The van der Waals surface area contributed by atoms with Gasteiger partial charge in [-0.1, -0.05) is 94.1 Å². The molecule has 2 heterocycles. The minimum Gasteiger partial charge on any atom is -0.379 e. The maximum atomic E-state index is 5.55. The molecule has 4 nitrogen and oxygen atoms in total. The van der Waals surface area contributed by atoms with Gasteiger partial charge in [0.2, 0.25) is 0 Å². The summed E-state index contributed by atoms with van der Waals surface area (Å²) in [5.41, 5.74) is 6.44. The largest absolute Gasteiger partial charge is 0.379 e. The van der Waals surface area contributed by atoms with Crippen LogP contribution >= 0.6 is 0 Å². The van der Waals surface area contributed by atoms with Gasteiger partial charge in [0.05, 0.1) is 26.4 Å². The molecule has 2 aliphatic rings. The van der Waals surface area contributed by atoms with Gasteiger partial charge in [0.15, 0.2) is 0 Å². The van der Waals surface area contributed by atoms with Gasteiger partial charge < -0.3 is 18.6 Å². The van der Waals surface area contributed by atoms with Crippen LogP contribution in [0.25, 0.3) is 5.57 Å². The summed E-state index contributed by atoms with van der Waals surface area (Å²) < 4.78 is 16.6. The van der Waals surface area contributed by atoms with Crippen molar-refractivity contribution in [3.63, 3.8) is 0 Å². The minimum absolute atomic E-state index is 0.902. The van der Waals surface area contributed by atoms with Gasteiger partial charge in [-0.3, -0.25) is 0 Å². The van der Waals surface area contributed by atoms with Crippen molar-refractivity contribution in [2.45, 2.75) is 64.0 Å². The van der Waals surface area contributed by atoms with E-state index in [0.29, 0.717) is 0 Å². The number of rotatable bonds is 12. The van der Waals surface area contributed by atoms with Crippen molar-refractivity contribution < 1.29 is 9.47 Å². The van der Waals surface area contributed by atoms with Gasteiger partial charge in [0.1, 0.15) is 16.5 Å². The molecule has 2 aromatic rings. The normalized spacial score (nSPS) is 18.0. The van der Waals surface area contributed by atoms with Gasteiger partial charge in [-0.2, -0.15) is 0 Å². The molecule has 0 aliphatic carbocycles. The first-order valence-electron chi connectivity index (χ1n) is 14.8. The summed E-state index contributed by atoms with van der Waals surface area (Å²) in [4.78, 5) is 0. The fourth-order valence-corrected chi connectivity index (χ4v) is 11.5. The van der Waals surface area contributed by atoms with Crippen LogP contribution in [-0.4, -0.2) is 78.2 Å². The topological polar surface area (TPSA) is 24.9 Å². The Bertz CT molecular complexity index is 927. The van der Waals surface area contributed by atoms with E-state index in [1.54, 1.807) is 0 Å². The van der Waals surface area contributed by atoms with E-state index in [1.807, 2.05) is 0 Å². The van der Waals surface area contributed by atoms with Crippen LogP contribution in [0.1, 0.15) is 35.1 Å². The number of hydrogen-bond acceptors (Lipinski definition) is 4. The molecular formula is C32H50N2O2Si2. The molecule has 0 aromatic heterocycles. The summed E-state index contributed by atoms with van der Waals surface area (Å²) >= 11 is 0. The second kappa shape index (κ2) is 13.7. The average molecular weight is 551 g/mol. The molecule has 0 atom stereocenters. The van der Waals surface area contributed by atoms with E-state index in [-0.39, 0.29) is 0 Å². The van der Waals surface area contributed by atoms with Gasteiger partial charge in [0, 0.05) is 26.2 Å². The SMILES string of the molecule is C=C(c1ccc(CCC[Si](C)(C)N2CCOCC2)cc1)c1ccc(CCC[Si](C)(C)N2CCOCC2)cc1. The van der Waals surface area contributed by atoms with Gasteiger partial charge in [-0.25, -0.2) is 0 Å². The van der Waals surface area contributed by atoms with Crippen LogP contribution < -0.4 is 0 Å². The van der Waals surface area contributed by atoms with E-state index < -0.39 is 16.5 Å². The van der Waals surface area contributed by atoms with E-state index in [9.17, 15) is 0 Å². The van der Waals surface area contributed by atoms with Crippen LogP contribution in [0.3, 0.4) is 0 Å². The number of benzene rings is 2. The molecule has 0 amide bonds. The van der Waals surface area contributed by atoms with Gasteiger partial charge in [-0.05, 0) is 52.8 Å². The second-order valence-corrected chi connectivity index (χ2v) is 21.9. The highest BCUT2D eigenvalue weighted by Gasteiger charge is 2.31. The Kier molecular flexibility index (Phi) is 10.6. The Morgan fingerprint density at radius 2 is 0.974 bits per heavy atom. The molecule has 2 fully saturated rings. The van der Waals surface area contributed by atoms with Crippen LogP contribution in [0.4, 0.5) is 0 Å². The highest BCUT2D eigenvalue weighted by atomic mass is 28.3. The first kappa shape index (κ1) is 29.4. The zero-order valence-corrected chi connectivity index (χ0v) is 26.4. The van der Waals surface area contributed by atoms with Crippen molar-refractivity contribution in [3.05, 3.63) is 77.4 Å². The van der Waals surface area contributed by atoms with Crippen LogP contribution in [0, 0.1) is 0 Å². The molecule has 4 rings (SSSR count). The van der Waals surface area contributed by atoms with Gasteiger partial charge in [0.25, 0.3) is 0 Å². The molecule has 6 heteroatoms. The first-order valence-corrected chi connectivity index (χ1v) is 21.1. The summed E-state index contributed by atoms with van der Waals surface area (Å²) in [6.07, 6.45) is 4.86. The Hall–Kier alpha value is -1.55. The number of ether oxygens (including phenoxy) is 2. The average Bonchev–Trinajstić information content (AvgIpc) is 2.94. The third kappa shape index (κ3) is 8.23. The summed E-state index contributed by atoms with van der Waals surface area (Å²) in [5, 5.41) is 0. The van der Waals surface area contributed by atoms with Crippen LogP contribution in [-0.2, 0) is 22.3 Å². The Morgan fingerprint density at radius 3 is 1.32 bits per heavy atom. The smallest absolute Gasteiger partial charge is 0.122 e. The van der Waals surface area contributed by atoms with Gasteiger partial charge in [-0.15, -0.1) is 0 Å². The van der Waals surface area contributed by atoms with E-state index >= 15 is 0 Å². The van der Waals surface area contributed by atoms with E-state index in [1.165, 1.54) is 47.2 Å². The quantitative estimate of drug-likeness (QED) is 0.275. The zero-order chi connectivity index (χ0) is 27.0. The lowest BCUT2D eigenvalue weighted by molar-refractivity contribution is 0.0687. The second-order valence-electron chi connectivity index (χ2n) is 12.4. The van der Waals surface area contributed by atoms with Crippen molar-refractivity contribution >= 4 is 22.0 Å². The Morgan fingerprint density at radius 1 is 0.632 bits per heavy atom. The lowest BCUT2D eigenvalue weighted by atomic mass is 9.96. The Labute approximate surface area is 234 Å². The first-order chi connectivity index (χ1) is 18.2. The number of hydrogen-bond donors (Lipinski definition) is 0. The lowest BCUT2D eigenvalue weighted by Crippen LogP contribution is -2.53.